The summed E-state index contributed by atoms with van der Waals surface area (Å²) in [4.78, 5) is 21.0. The maximum absolute atomic E-state index is 12.5. The lowest BCUT2D eigenvalue weighted by atomic mass is 9.96. The minimum atomic E-state index is -0.570. The van der Waals surface area contributed by atoms with E-state index in [1.165, 1.54) is 25.9 Å². The van der Waals surface area contributed by atoms with Crippen molar-refractivity contribution in [2.24, 2.45) is 0 Å². The Hall–Kier alpha value is -2.74. The third-order valence-corrected chi connectivity index (χ3v) is 6.17. The van der Waals surface area contributed by atoms with Gasteiger partial charge in [-0.3, -0.25) is 0 Å². The van der Waals surface area contributed by atoms with Gasteiger partial charge in [0.1, 0.15) is 5.60 Å². The van der Waals surface area contributed by atoms with E-state index in [-0.39, 0.29) is 18.5 Å². The number of fused-ring (bicyclic) bond motifs is 3. The second kappa shape index (κ2) is 9.63. The average Bonchev–Trinajstić information content (AvgIpc) is 3.28. The standard InChI is InChI=1S/C25H35N3O5/c1-25(2,3)33-24(30)28-12-8-17-18-14-21(31-4)22(15-20(18)26-23(29)19(17)16-28)32-13-7-11-27-9-5-6-10-27/h14-15H,5-13,16H2,1-4H3,(H,26,29). The summed E-state index contributed by atoms with van der Waals surface area (Å²) in [5, 5.41) is 11.6. The van der Waals surface area contributed by atoms with Gasteiger partial charge in [0.2, 0.25) is 5.88 Å². The fraction of sp³-hybridized carbons (Fsp3) is 0.600. The Bertz CT molecular complexity index is 1010. The Morgan fingerprint density at radius 1 is 1.12 bits per heavy atom. The zero-order valence-corrected chi connectivity index (χ0v) is 20.1. The molecule has 0 saturated carbocycles. The summed E-state index contributed by atoms with van der Waals surface area (Å²) in [7, 11) is 1.63. The highest BCUT2D eigenvalue weighted by molar-refractivity contribution is 5.88. The summed E-state index contributed by atoms with van der Waals surface area (Å²) < 4.78 is 17.1. The van der Waals surface area contributed by atoms with Gasteiger partial charge in [-0.05, 0) is 71.2 Å². The summed E-state index contributed by atoms with van der Waals surface area (Å²) in [6.07, 6.45) is 3.73. The van der Waals surface area contributed by atoms with Gasteiger partial charge in [0.15, 0.2) is 11.5 Å². The molecule has 2 aromatic rings. The van der Waals surface area contributed by atoms with Crippen LogP contribution >= 0.6 is 0 Å². The van der Waals surface area contributed by atoms with Gasteiger partial charge in [0, 0.05) is 30.1 Å². The number of aromatic nitrogens is 1. The highest BCUT2D eigenvalue weighted by atomic mass is 16.6. The second-order valence-corrected chi connectivity index (χ2v) is 9.82. The molecule has 0 aliphatic carbocycles. The molecule has 0 atom stereocenters. The topological polar surface area (TPSA) is 84.4 Å². The lowest BCUT2D eigenvalue weighted by Crippen LogP contribution is -2.40. The Morgan fingerprint density at radius 3 is 2.58 bits per heavy atom. The molecule has 2 aliphatic heterocycles. The van der Waals surface area contributed by atoms with Crippen LogP contribution in [0.3, 0.4) is 0 Å². The van der Waals surface area contributed by atoms with Crippen LogP contribution in [0.1, 0.15) is 51.2 Å². The van der Waals surface area contributed by atoms with Crippen molar-refractivity contribution >= 4 is 17.0 Å². The van der Waals surface area contributed by atoms with Gasteiger partial charge < -0.3 is 29.1 Å². The monoisotopic (exact) mass is 457 g/mol. The van der Waals surface area contributed by atoms with Crippen molar-refractivity contribution in [3.63, 3.8) is 0 Å². The van der Waals surface area contributed by atoms with Crippen LogP contribution in [-0.4, -0.2) is 71.5 Å². The van der Waals surface area contributed by atoms with E-state index in [9.17, 15) is 9.90 Å². The first-order chi connectivity index (χ1) is 15.7. The predicted molar refractivity (Wildman–Crippen MR) is 126 cm³/mol. The van der Waals surface area contributed by atoms with E-state index in [0.717, 1.165) is 23.9 Å². The second-order valence-electron chi connectivity index (χ2n) is 9.82. The van der Waals surface area contributed by atoms with Gasteiger partial charge in [-0.15, -0.1) is 0 Å². The summed E-state index contributed by atoms with van der Waals surface area (Å²) in [6.45, 7) is 10.3. The van der Waals surface area contributed by atoms with Crippen LogP contribution in [0.4, 0.5) is 4.79 Å². The molecule has 0 unspecified atom stereocenters. The number of hydrogen-bond acceptors (Lipinski definition) is 7. The largest absolute Gasteiger partial charge is 0.493 e. The number of likely N-dealkylation sites (tertiary alicyclic amines) is 1. The highest BCUT2D eigenvalue weighted by Crippen LogP contribution is 2.38. The van der Waals surface area contributed by atoms with Crippen LogP contribution in [0.15, 0.2) is 12.1 Å². The Morgan fingerprint density at radius 2 is 1.88 bits per heavy atom. The van der Waals surface area contributed by atoms with Gasteiger partial charge in [-0.25, -0.2) is 9.78 Å². The molecule has 0 spiro atoms. The lowest BCUT2D eigenvalue weighted by molar-refractivity contribution is 0.0223. The van der Waals surface area contributed by atoms with E-state index >= 15 is 0 Å². The van der Waals surface area contributed by atoms with Crippen LogP contribution in [0.5, 0.6) is 17.4 Å². The van der Waals surface area contributed by atoms with Gasteiger partial charge >= 0.3 is 6.09 Å². The summed E-state index contributed by atoms with van der Waals surface area (Å²) in [5.74, 6) is 1.22. The molecule has 1 saturated heterocycles. The van der Waals surface area contributed by atoms with Crippen molar-refractivity contribution in [2.45, 2.75) is 58.6 Å². The van der Waals surface area contributed by atoms with E-state index in [2.05, 4.69) is 9.88 Å². The SMILES string of the molecule is COc1cc2c3c(c(O)nc2cc1OCCCN1CCCC1)CN(C(=O)OC(C)(C)C)CC3. The quantitative estimate of drug-likeness (QED) is 0.654. The maximum atomic E-state index is 12.5. The molecule has 4 rings (SSSR count). The van der Waals surface area contributed by atoms with Crippen molar-refractivity contribution in [3.8, 4) is 17.4 Å². The first-order valence-electron chi connectivity index (χ1n) is 11.8. The smallest absolute Gasteiger partial charge is 0.410 e. The fourth-order valence-corrected chi connectivity index (χ4v) is 4.56. The number of carbonyl (C=O) groups excluding carboxylic acids is 1. The number of ether oxygens (including phenoxy) is 3. The van der Waals surface area contributed by atoms with Crippen LogP contribution in [0, 0.1) is 0 Å². The Kier molecular flexibility index (Phi) is 6.83. The van der Waals surface area contributed by atoms with Gasteiger partial charge in [0.05, 0.1) is 25.8 Å². The first kappa shape index (κ1) is 23.4. The van der Waals surface area contributed by atoms with Crippen LogP contribution in [0.25, 0.3) is 10.9 Å². The fourth-order valence-electron chi connectivity index (χ4n) is 4.56. The van der Waals surface area contributed by atoms with E-state index in [0.29, 0.717) is 42.2 Å². The highest BCUT2D eigenvalue weighted by Gasteiger charge is 2.29. The Labute approximate surface area is 195 Å². The minimum absolute atomic E-state index is 0.0593. The van der Waals surface area contributed by atoms with Crippen LogP contribution in [0.2, 0.25) is 0 Å². The van der Waals surface area contributed by atoms with E-state index in [4.69, 9.17) is 14.2 Å². The number of benzene rings is 1. The third-order valence-electron chi connectivity index (χ3n) is 6.17. The molecular weight excluding hydrogens is 422 g/mol. The Balaban J connectivity index is 1.52. The molecule has 0 bridgehead atoms. The summed E-state index contributed by atoms with van der Waals surface area (Å²) in [6, 6.07) is 3.77. The molecule has 1 fully saturated rings. The number of nitrogens with zero attached hydrogens (tertiary/aromatic N) is 3. The molecule has 1 N–H and O–H groups in total. The molecule has 0 radical (unpaired) electrons. The number of amides is 1. The van der Waals surface area contributed by atoms with Crippen LogP contribution in [-0.2, 0) is 17.7 Å². The average molecular weight is 458 g/mol. The maximum Gasteiger partial charge on any atom is 0.410 e. The lowest BCUT2D eigenvalue weighted by Gasteiger charge is -2.31. The van der Waals surface area contributed by atoms with Crippen molar-refractivity contribution < 1.29 is 24.1 Å². The molecule has 1 aromatic heterocycles. The van der Waals surface area contributed by atoms with E-state index in [1.54, 1.807) is 12.0 Å². The number of rotatable bonds is 6. The van der Waals surface area contributed by atoms with Crippen molar-refractivity contribution in [2.75, 3.05) is 39.9 Å². The van der Waals surface area contributed by atoms with Gasteiger partial charge in [-0.2, -0.15) is 0 Å². The van der Waals surface area contributed by atoms with Crippen molar-refractivity contribution in [1.82, 2.24) is 14.8 Å². The van der Waals surface area contributed by atoms with Gasteiger partial charge in [0.25, 0.3) is 0 Å². The summed E-state index contributed by atoms with van der Waals surface area (Å²) in [5.41, 5.74) is 1.73. The van der Waals surface area contributed by atoms with Gasteiger partial charge in [-0.1, -0.05) is 0 Å². The summed E-state index contributed by atoms with van der Waals surface area (Å²) >= 11 is 0. The van der Waals surface area contributed by atoms with Crippen molar-refractivity contribution in [1.29, 1.82) is 0 Å². The zero-order valence-electron chi connectivity index (χ0n) is 20.1. The van der Waals surface area contributed by atoms with E-state index in [1.807, 2.05) is 32.9 Å². The molecule has 8 nitrogen and oxygen atoms in total. The molecule has 8 heteroatoms. The molecule has 1 aromatic carbocycles. The molecule has 3 heterocycles. The molecule has 1 amide bonds. The molecular formula is C25H35N3O5. The minimum Gasteiger partial charge on any atom is -0.493 e. The number of aromatic hydroxyl groups is 1. The van der Waals surface area contributed by atoms with Crippen molar-refractivity contribution in [3.05, 3.63) is 23.3 Å². The molecule has 33 heavy (non-hydrogen) atoms. The zero-order chi connectivity index (χ0) is 23.6. The first-order valence-corrected chi connectivity index (χ1v) is 11.8. The number of carbonyl (C=O) groups is 1. The third kappa shape index (κ3) is 5.43. The molecule has 180 valence electrons. The van der Waals surface area contributed by atoms with Crippen LogP contribution < -0.4 is 9.47 Å². The molecule has 2 aliphatic rings. The van der Waals surface area contributed by atoms with E-state index < -0.39 is 5.60 Å². The number of hydrogen-bond donors (Lipinski definition) is 1. The normalized spacial score (nSPS) is 16.7. The predicted octanol–water partition coefficient (Wildman–Crippen LogP) is 4.11. The number of pyridine rings is 1. The number of methoxy groups -OCH3 is 1.